The SMILES string of the molecule is C=C(CNC(=O)C12CCC(C(=O)NCC(=C)c3ccccc3)(CC1)CC2)c1ccccc1. The van der Waals surface area contributed by atoms with Gasteiger partial charge in [0.2, 0.25) is 11.8 Å². The van der Waals surface area contributed by atoms with E-state index >= 15 is 0 Å². The van der Waals surface area contributed by atoms with Gasteiger partial charge in [0, 0.05) is 23.9 Å². The van der Waals surface area contributed by atoms with Gasteiger partial charge in [-0.1, -0.05) is 73.8 Å². The summed E-state index contributed by atoms with van der Waals surface area (Å²) in [7, 11) is 0. The van der Waals surface area contributed by atoms with Crippen molar-refractivity contribution in [2.24, 2.45) is 10.8 Å². The van der Waals surface area contributed by atoms with Crippen LogP contribution in [0.15, 0.2) is 73.8 Å². The molecule has 2 bridgehead atoms. The molecule has 3 saturated carbocycles. The average Bonchev–Trinajstić information content (AvgIpc) is 2.87. The van der Waals surface area contributed by atoms with Crippen molar-refractivity contribution in [1.82, 2.24) is 10.6 Å². The summed E-state index contributed by atoms with van der Waals surface area (Å²) in [5.74, 6) is 0.224. The van der Waals surface area contributed by atoms with Crippen molar-refractivity contribution in [3.05, 3.63) is 84.9 Å². The molecule has 32 heavy (non-hydrogen) atoms. The maximum absolute atomic E-state index is 13.1. The fraction of sp³-hybridized carbons (Fsp3) is 0.357. The fourth-order valence-electron chi connectivity index (χ4n) is 5.17. The summed E-state index contributed by atoms with van der Waals surface area (Å²) in [5, 5.41) is 6.23. The first-order chi connectivity index (χ1) is 15.4. The minimum atomic E-state index is -0.341. The average molecular weight is 429 g/mol. The van der Waals surface area contributed by atoms with Crippen LogP contribution in [0.25, 0.3) is 11.1 Å². The number of nitrogens with one attached hydrogen (secondary N) is 2. The highest BCUT2D eigenvalue weighted by atomic mass is 16.2. The summed E-state index contributed by atoms with van der Waals surface area (Å²) in [6, 6.07) is 19.9. The molecule has 0 saturated heterocycles. The normalized spacial score (nSPS) is 23.9. The third-order valence-corrected chi connectivity index (χ3v) is 7.50. The molecule has 2 amide bonds. The van der Waals surface area contributed by atoms with E-state index in [1.165, 1.54) is 0 Å². The Labute approximate surface area is 190 Å². The summed E-state index contributed by atoms with van der Waals surface area (Å²) in [6.45, 7) is 9.15. The maximum Gasteiger partial charge on any atom is 0.226 e. The van der Waals surface area contributed by atoms with Crippen molar-refractivity contribution in [1.29, 1.82) is 0 Å². The lowest BCUT2D eigenvalue weighted by Gasteiger charge is -2.51. The van der Waals surface area contributed by atoms with E-state index in [1.54, 1.807) is 0 Å². The van der Waals surface area contributed by atoms with Gasteiger partial charge in [-0.05, 0) is 60.8 Å². The van der Waals surface area contributed by atoms with E-state index < -0.39 is 0 Å². The van der Waals surface area contributed by atoms with E-state index in [1.807, 2.05) is 60.7 Å². The van der Waals surface area contributed by atoms with Crippen molar-refractivity contribution in [2.45, 2.75) is 38.5 Å². The van der Waals surface area contributed by atoms with Crippen molar-refractivity contribution in [2.75, 3.05) is 13.1 Å². The van der Waals surface area contributed by atoms with Crippen molar-refractivity contribution >= 4 is 23.0 Å². The Bertz CT molecular complexity index is 902. The van der Waals surface area contributed by atoms with Crippen molar-refractivity contribution in [3.63, 3.8) is 0 Å². The third-order valence-electron chi connectivity index (χ3n) is 7.50. The zero-order chi connectivity index (χ0) is 22.6. The van der Waals surface area contributed by atoms with Crippen LogP contribution in [0.4, 0.5) is 0 Å². The first kappa shape index (κ1) is 22.1. The standard InChI is InChI=1S/C28H32N2O2/c1-21(23-9-5-3-6-10-23)19-29-25(31)27-13-16-28(17-14-27,18-15-27)26(32)30-20-22(2)24-11-7-4-8-12-24/h3-12H,1-2,13-20H2,(H,29,31)(H,30,32). The smallest absolute Gasteiger partial charge is 0.226 e. The van der Waals surface area contributed by atoms with Crippen LogP contribution < -0.4 is 10.6 Å². The summed E-state index contributed by atoms with van der Waals surface area (Å²) < 4.78 is 0. The van der Waals surface area contributed by atoms with Crippen LogP contribution in [0.5, 0.6) is 0 Å². The second-order valence-corrected chi connectivity index (χ2v) is 9.37. The molecule has 0 radical (unpaired) electrons. The zero-order valence-corrected chi connectivity index (χ0v) is 18.7. The van der Waals surface area contributed by atoms with E-state index in [2.05, 4.69) is 23.8 Å². The third kappa shape index (κ3) is 4.40. The molecule has 5 rings (SSSR count). The van der Waals surface area contributed by atoms with Crippen LogP contribution in [0.3, 0.4) is 0 Å². The highest BCUT2D eigenvalue weighted by Gasteiger charge is 2.55. The number of fused-ring (bicyclic) bond motifs is 3. The monoisotopic (exact) mass is 428 g/mol. The largest absolute Gasteiger partial charge is 0.352 e. The van der Waals surface area contributed by atoms with Crippen LogP contribution in [0.2, 0.25) is 0 Å². The van der Waals surface area contributed by atoms with Crippen LogP contribution in [-0.2, 0) is 9.59 Å². The second kappa shape index (κ2) is 9.15. The minimum absolute atomic E-state index is 0.112. The molecule has 3 aliphatic carbocycles. The highest BCUT2D eigenvalue weighted by molar-refractivity contribution is 5.88. The highest BCUT2D eigenvalue weighted by Crippen LogP contribution is 2.57. The van der Waals surface area contributed by atoms with Crippen LogP contribution in [0, 0.1) is 10.8 Å². The molecule has 0 spiro atoms. The van der Waals surface area contributed by atoms with Gasteiger partial charge in [0.25, 0.3) is 0 Å². The Kier molecular flexibility index (Phi) is 6.31. The fourth-order valence-corrected chi connectivity index (χ4v) is 5.17. The van der Waals surface area contributed by atoms with Crippen LogP contribution in [-0.4, -0.2) is 24.9 Å². The molecule has 2 N–H and O–H groups in total. The molecule has 0 atom stereocenters. The van der Waals surface area contributed by atoms with Crippen LogP contribution in [0.1, 0.15) is 49.7 Å². The molecule has 4 heteroatoms. The van der Waals surface area contributed by atoms with Gasteiger partial charge in [-0.3, -0.25) is 9.59 Å². The lowest BCUT2D eigenvalue weighted by atomic mass is 9.53. The van der Waals surface area contributed by atoms with Gasteiger partial charge in [0.1, 0.15) is 0 Å². The molecule has 3 aliphatic rings. The van der Waals surface area contributed by atoms with Gasteiger partial charge < -0.3 is 10.6 Å². The number of hydrogen-bond donors (Lipinski definition) is 2. The summed E-state index contributed by atoms with van der Waals surface area (Å²) in [6.07, 6.45) is 4.61. The van der Waals surface area contributed by atoms with Gasteiger partial charge >= 0.3 is 0 Å². The number of carbonyl (C=O) groups excluding carboxylic acids is 2. The number of carbonyl (C=O) groups is 2. The lowest BCUT2D eigenvalue weighted by Crippen LogP contribution is -2.55. The topological polar surface area (TPSA) is 58.2 Å². The number of benzene rings is 2. The Morgan fingerprint density at radius 1 is 0.625 bits per heavy atom. The van der Waals surface area contributed by atoms with E-state index in [-0.39, 0.29) is 22.6 Å². The Morgan fingerprint density at radius 3 is 1.25 bits per heavy atom. The Hall–Kier alpha value is -3.14. The summed E-state index contributed by atoms with van der Waals surface area (Å²) >= 11 is 0. The van der Waals surface area contributed by atoms with Gasteiger partial charge in [-0.25, -0.2) is 0 Å². The van der Waals surface area contributed by atoms with E-state index in [9.17, 15) is 9.59 Å². The molecular weight excluding hydrogens is 396 g/mol. The summed E-state index contributed by atoms with van der Waals surface area (Å²) in [4.78, 5) is 26.2. The van der Waals surface area contributed by atoms with Gasteiger partial charge in [-0.15, -0.1) is 0 Å². The number of hydrogen-bond acceptors (Lipinski definition) is 2. The van der Waals surface area contributed by atoms with Crippen molar-refractivity contribution in [3.8, 4) is 0 Å². The maximum atomic E-state index is 13.1. The Balaban J connectivity index is 1.29. The van der Waals surface area contributed by atoms with Gasteiger partial charge in [0.05, 0.1) is 0 Å². The number of rotatable bonds is 8. The predicted molar refractivity (Wildman–Crippen MR) is 130 cm³/mol. The summed E-state index contributed by atoms with van der Waals surface area (Å²) in [5.41, 5.74) is 3.23. The molecule has 4 nitrogen and oxygen atoms in total. The number of amides is 2. The molecule has 0 aromatic heterocycles. The quantitative estimate of drug-likeness (QED) is 0.623. The van der Waals surface area contributed by atoms with E-state index in [4.69, 9.17) is 0 Å². The molecule has 0 aliphatic heterocycles. The second-order valence-electron chi connectivity index (χ2n) is 9.37. The molecular formula is C28H32N2O2. The first-order valence-corrected chi connectivity index (χ1v) is 11.5. The van der Waals surface area contributed by atoms with Crippen molar-refractivity contribution < 1.29 is 9.59 Å². The van der Waals surface area contributed by atoms with Crippen LogP contribution >= 0.6 is 0 Å². The zero-order valence-electron chi connectivity index (χ0n) is 18.7. The first-order valence-electron chi connectivity index (χ1n) is 11.5. The molecule has 3 fully saturated rings. The van der Waals surface area contributed by atoms with Gasteiger partial charge in [0.15, 0.2) is 0 Å². The minimum Gasteiger partial charge on any atom is -0.352 e. The molecule has 2 aromatic carbocycles. The molecule has 166 valence electrons. The van der Waals surface area contributed by atoms with E-state index in [0.29, 0.717) is 13.1 Å². The van der Waals surface area contributed by atoms with E-state index in [0.717, 1.165) is 60.8 Å². The molecule has 0 heterocycles. The molecule has 0 unspecified atom stereocenters. The molecule has 2 aromatic rings. The lowest BCUT2D eigenvalue weighted by molar-refractivity contribution is -0.150. The Morgan fingerprint density at radius 2 is 0.938 bits per heavy atom. The predicted octanol–water partition coefficient (Wildman–Crippen LogP) is 4.99. The van der Waals surface area contributed by atoms with Gasteiger partial charge in [-0.2, -0.15) is 0 Å².